The predicted molar refractivity (Wildman–Crippen MR) is 76.5 cm³/mol. The highest BCUT2D eigenvalue weighted by Crippen LogP contribution is 2.30. The summed E-state index contributed by atoms with van der Waals surface area (Å²) in [4.78, 5) is 10.5. The second kappa shape index (κ2) is 6.86. The van der Waals surface area contributed by atoms with Crippen molar-refractivity contribution in [3.05, 3.63) is 32.8 Å². The molecule has 0 unspecified atom stereocenters. The summed E-state index contributed by atoms with van der Waals surface area (Å²) >= 11 is 3.23. The average molecular weight is 329 g/mol. The Morgan fingerprint density at radius 1 is 1.53 bits per heavy atom. The summed E-state index contributed by atoms with van der Waals surface area (Å²) in [6.07, 6.45) is 3.34. The number of nitrogens with zero attached hydrogens (tertiary/aromatic N) is 1. The highest BCUT2D eigenvalue weighted by atomic mass is 79.9. The molecule has 1 aliphatic rings. The maximum absolute atomic E-state index is 10.9. The van der Waals surface area contributed by atoms with Crippen LogP contribution in [-0.2, 0) is 0 Å². The average Bonchev–Trinajstić information content (AvgIpc) is 2.41. The molecule has 5 nitrogen and oxygen atoms in total. The van der Waals surface area contributed by atoms with Crippen LogP contribution < -0.4 is 10.1 Å². The standard InChI is InChI=1S/C13H17BrN2O3/c14-11-3-4-13(12(8-11)16(17)18)19-7-5-10-2-1-6-15-9-10/h3-4,8,10,15H,1-2,5-7,9H2/t10-/m0/s1. The lowest BCUT2D eigenvalue weighted by Gasteiger charge is -2.22. The van der Waals surface area contributed by atoms with Crippen molar-refractivity contribution in [2.45, 2.75) is 19.3 Å². The molecule has 1 atom stereocenters. The Balaban J connectivity index is 1.89. The van der Waals surface area contributed by atoms with E-state index < -0.39 is 4.92 Å². The molecule has 6 heteroatoms. The molecule has 19 heavy (non-hydrogen) atoms. The highest BCUT2D eigenvalue weighted by molar-refractivity contribution is 9.10. The number of hydrogen-bond donors (Lipinski definition) is 1. The monoisotopic (exact) mass is 328 g/mol. The van der Waals surface area contributed by atoms with E-state index in [-0.39, 0.29) is 5.69 Å². The molecule has 1 aliphatic heterocycles. The number of nitro groups is 1. The Morgan fingerprint density at radius 3 is 3.05 bits per heavy atom. The second-order valence-electron chi connectivity index (χ2n) is 4.72. The lowest BCUT2D eigenvalue weighted by molar-refractivity contribution is -0.385. The fourth-order valence-corrected chi connectivity index (χ4v) is 2.61. The topological polar surface area (TPSA) is 64.4 Å². The SMILES string of the molecule is O=[N+]([O-])c1cc(Br)ccc1OCC[C@@H]1CCCNC1. The van der Waals surface area contributed by atoms with E-state index in [2.05, 4.69) is 21.2 Å². The van der Waals surface area contributed by atoms with E-state index >= 15 is 0 Å². The van der Waals surface area contributed by atoms with Gasteiger partial charge in [-0.2, -0.15) is 0 Å². The van der Waals surface area contributed by atoms with Crippen molar-refractivity contribution < 1.29 is 9.66 Å². The van der Waals surface area contributed by atoms with Gasteiger partial charge in [0, 0.05) is 10.5 Å². The molecule has 0 radical (unpaired) electrons. The van der Waals surface area contributed by atoms with Gasteiger partial charge in [0.05, 0.1) is 11.5 Å². The van der Waals surface area contributed by atoms with E-state index in [4.69, 9.17) is 4.74 Å². The Bertz CT molecular complexity index is 448. The summed E-state index contributed by atoms with van der Waals surface area (Å²) in [6.45, 7) is 2.64. The Labute approximate surface area is 120 Å². The number of rotatable bonds is 5. The van der Waals surface area contributed by atoms with Crippen LogP contribution in [0.1, 0.15) is 19.3 Å². The van der Waals surface area contributed by atoms with Crippen molar-refractivity contribution in [2.24, 2.45) is 5.92 Å². The van der Waals surface area contributed by atoms with Crippen LogP contribution in [0.25, 0.3) is 0 Å². The van der Waals surface area contributed by atoms with Gasteiger partial charge in [-0.25, -0.2) is 0 Å². The molecule has 0 amide bonds. The van der Waals surface area contributed by atoms with Crippen LogP contribution in [0.3, 0.4) is 0 Å². The number of hydrogen-bond acceptors (Lipinski definition) is 4. The minimum atomic E-state index is -0.414. The summed E-state index contributed by atoms with van der Waals surface area (Å²) in [7, 11) is 0. The molecule has 104 valence electrons. The molecular formula is C13H17BrN2O3. The van der Waals surface area contributed by atoms with Crippen LogP contribution in [0.5, 0.6) is 5.75 Å². The van der Waals surface area contributed by atoms with Gasteiger partial charge in [-0.1, -0.05) is 15.9 Å². The van der Waals surface area contributed by atoms with Gasteiger partial charge in [-0.3, -0.25) is 10.1 Å². The number of piperidine rings is 1. The van der Waals surface area contributed by atoms with Crippen molar-refractivity contribution in [1.29, 1.82) is 0 Å². The Morgan fingerprint density at radius 2 is 2.37 bits per heavy atom. The van der Waals surface area contributed by atoms with Crippen molar-refractivity contribution in [3.63, 3.8) is 0 Å². The molecule has 0 saturated carbocycles. The van der Waals surface area contributed by atoms with Gasteiger partial charge >= 0.3 is 5.69 Å². The van der Waals surface area contributed by atoms with Gasteiger partial charge in [0.2, 0.25) is 0 Å². The van der Waals surface area contributed by atoms with E-state index in [1.54, 1.807) is 12.1 Å². The van der Waals surface area contributed by atoms with Gasteiger partial charge in [0.25, 0.3) is 0 Å². The lowest BCUT2D eigenvalue weighted by Crippen LogP contribution is -2.30. The minimum Gasteiger partial charge on any atom is -0.487 e. The quantitative estimate of drug-likeness (QED) is 0.666. The molecule has 1 N–H and O–H groups in total. The minimum absolute atomic E-state index is 0.0103. The van der Waals surface area contributed by atoms with Crippen molar-refractivity contribution in [1.82, 2.24) is 5.32 Å². The first-order valence-corrected chi connectivity index (χ1v) is 7.23. The van der Waals surface area contributed by atoms with Gasteiger partial charge in [-0.05, 0) is 50.4 Å². The molecule has 1 saturated heterocycles. The normalized spacial score (nSPS) is 19.1. The van der Waals surface area contributed by atoms with Crippen LogP contribution >= 0.6 is 15.9 Å². The Kier molecular flexibility index (Phi) is 5.15. The lowest BCUT2D eigenvalue weighted by atomic mass is 9.97. The number of ether oxygens (including phenoxy) is 1. The summed E-state index contributed by atoms with van der Waals surface area (Å²) in [5.41, 5.74) is 0.0103. The fraction of sp³-hybridized carbons (Fsp3) is 0.538. The van der Waals surface area contributed by atoms with Gasteiger partial charge in [0.15, 0.2) is 5.75 Å². The van der Waals surface area contributed by atoms with Gasteiger partial charge in [-0.15, -0.1) is 0 Å². The second-order valence-corrected chi connectivity index (χ2v) is 5.63. The molecule has 1 fully saturated rings. The third-order valence-corrected chi connectivity index (χ3v) is 3.79. The first kappa shape index (κ1) is 14.3. The maximum atomic E-state index is 10.9. The van der Waals surface area contributed by atoms with Crippen molar-refractivity contribution in [2.75, 3.05) is 19.7 Å². The predicted octanol–water partition coefficient (Wildman–Crippen LogP) is 3.13. The van der Waals surface area contributed by atoms with Crippen LogP contribution in [0.4, 0.5) is 5.69 Å². The molecule has 1 aromatic carbocycles. The highest BCUT2D eigenvalue weighted by Gasteiger charge is 2.17. The molecule has 0 aliphatic carbocycles. The molecule has 0 spiro atoms. The molecule has 0 bridgehead atoms. The zero-order valence-electron chi connectivity index (χ0n) is 10.6. The molecule has 2 rings (SSSR count). The molecule has 1 heterocycles. The van der Waals surface area contributed by atoms with Crippen LogP contribution in [0, 0.1) is 16.0 Å². The summed E-state index contributed by atoms with van der Waals surface area (Å²) in [6, 6.07) is 4.86. The van der Waals surface area contributed by atoms with Crippen LogP contribution in [0.2, 0.25) is 0 Å². The largest absolute Gasteiger partial charge is 0.487 e. The van der Waals surface area contributed by atoms with E-state index in [0.717, 1.165) is 19.5 Å². The fourth-order valence-electron chi connectivity index (χ4n) is 2.26. The first-order chi connectivity index (χ1) is 9.16. The van der Waals surface area contributed by atoms with Gasteiger partial charge < -0.3 is 10.1 Å². The third-order valence-electron chi connectivity index (χ3n) is 3.30. The molecule has 1 aromatic rings. The molecule has 0 aromatic heterocycles. The van der Waals surface area contributed by atoms with Crippen molar-refractivity contribution >= 4 is 21.6 Å². The van der Waals surface area contributed by atoms with Crippen molar-refractivity contribution in [3.8, 4) is 5.75 Å². The van der Waals surface area contributed by atoms with E-state index in [1.165, 1.54) is 18.9 Å². The number of benzene rings is 1. The number of nitrogens with one attached hydrogen (secondary N) is 1. The summed E-state index contributed by atoms with van der Waals surface area (Å²) < 4.78 is 6.25. The van der Waals surface area contributed by atoms with E-state index in [0.29, 0.717) is 22.7 Å². The van der Waals surface area contributed by atoms with E-state index in [1.807, 2.05) is 0 Å². The zero-order valence-corrected chi connectivity index (χ0v) is 12.2. The number of nitro benzene ring substituents is 1. The van der Waals surface area contributed by atoms with E-state index in [9.17, 15) is 10.1 Å². The summed E-state index contributed by atoms with van der Waals surface area (Å²) in [5.74, 6) is 0.959. The van der Waals surface area contributed by atoms with Gasteiger partial charge in [0.1, 0.15) is 0 Å². The maximum Gasteiger partial charge on any atom is 0.312 e. The van der Waals surface area contributed by atoms with Crippen LogP contribution in [-0.4, -0.2) is 24.6 Å². The zero-order chi connectivity index (χ0) is 13.7. The third kappa shape index (κ3) is 4.18. The Hall–Kier alpha value is -1.14. The smallest absolute Gasteiger partial charge is 0.312 e. The van der Waals surface area contributed by atoms with Crippen LogP contribution in [0.15, 0.2) is 22.7 Å². The summed E-state index contributed by atoms with van der Waals surface area (Å²) in [5, 5.41) is 14.3. The molecular weight excluding hydrogens is 312 g/mol. The number of halogens is 1. The first-order valence-electron chi connectivity index (χ1n) is 6.44.